The van der Waals surface area contributed by atoms with Gasteiger partial charge in [-0.05, 0) is 31.0 Å². The molecule has 1 aliphatic heterocycles. The van der Waals surface area contributed by atoms with Gasteiger partial charge in [0.1, 0.15) is 10.6 Å². The molecule has 0 bridgehead atoms. The van der Waals surface area contributed by atoms with Crippen LogP contribution in [0.25, 0.3) is 0 Å². The number of sulfonamides is 1. The van der Waals surface area contributed by atoms with Crippen molar-refractivity contribution in [3.8, 4) is 5.75 Å². The van der Waals surface area contributed by atoms with Crippen LogP contribution < -0.4 is 14.8 Å². The third-order valence-corrected chi connectivity index (χ3v) is 5.45. The van der Waals surface area contributed by atoms with Crippen molar-refractivity contribution in [3.05, 3.63) is 23.3 Å². The van der Waals surface area contributed by atoms with E-state index in [0.29, 0.717) is 24.4 Å². The summed E-state index contributed by atoms with van der Waals surface area (Å²) in [6.45, 7) is 8.65. The molecule has 0 radical (unpaired) electrons. The lowest BCUT2D eigenvalue weighted by Crippen LogP contribution is -2.46. The minimum absolute atomic E-state index is 0.237. The van der Waals surface area contributed by atoms with Crippen LogP contribution in [0.15, 0.2) is 17.0 Å². The zero-order chi connectivity index (χ0) is 16.2. The summed E-state index contributed by atoms with van der Waals surface area (Å²) in [5.74, 6) is 0.396. The number of hydrogen-bond acceptors (Lipinski definition) is 5. The van der Waals surface area contributed by atoms with Gasteiger partial charge >= 0.3 is 0 Å². The molecule has 0 amide bonds. The van der Waals surface area contributed by atoms with Crippen LogP contribution in [-0.4, -0.2) is 59.7 Å². The van der Waals surface area contributed by atoms with Crippen LogP contribution in [0.1, 0.15) is 11.1 Å². The Bertz CT molecular complexity index is 611. The number of nitrogens with one attached hydrogen (secondary N) is 2. The molecule has 1 aliphatic rings. The van der Waals surface area contributed by atoms with Crippen molar-refractivity contribution in [3.63, 3.8) is 0 Å². The fourth-order valence-corrected chi connectivity index (χ4v) is 4.15. The molecular weight excluding hydrogens is 302 g/mol. The summed E-state index contributed by atoms with van der Waals surface area (Å²) in [5, 5.41) is 3.28. The molecule has 2 N–H and O–H groups in total. The monoisotopic (exact) mass is 327 g/mol. The summed E-state index contributed by atoms with van der Waals surface area (Å²) in [5.41, 5.74) is 1.68. The van der Waals surface area contributed by atoms with Crippen LogP contribution >= 0.6 is 0 Å². The van der Waals surface area contributed by atoms with Crippen molar-refractivity contribution in [1.29, 1.82) is 0 Å². The van der Waals surface area contributed by atoms with Crippen molar-refractivity contribution in [1.82, 2.24) is 14.9 Å². The van der Waals surface area contributed by atoms with Gasteiger partial charge in [0.25, 0.3) is 0 Å². The van der Waals surface area contributed by atoms with E-state index in [4.69, 9.17) is 4.74 Å². The number of methoxy groups -OCH3 is 1. The normalized spacial score (nSPS) is 16.7. The van der Waals surface area contributed by atoms with E-state index < -0.39 is 10.0 Å². The third-order valence-electron chi connectivity index (χ3n) is 3.80. The van der Waals surface area contributed by atoms with E-state index in [1.54, 1.807) is 13.0 Å². The Hall–Kier alpha value is -1.15. The second kappa shape index (κ2) is 7.41. The number of benzene rings is 1. The molecular formula is C15H25N3O3S. The van der Waals surface area contributed by atoms with Gasteiger partial charge in [0, 0.05) is 39.3 Å². The van der Waals surface area contributed by atoms with Gasteiger partial charge in [-0.3, -0.25) is 4.90 Å². The zero-order valence-electron chi connectivity index (χ0n) is 13.5. The molecule has 7 heteroatoms. The molecule has 1 heterocycles. The van der Waals surface area contributed by atoms with Gasteiger partial charge in [-0.25, -0.2) is 13.1 Å². The maximum absolute atomic E-state index is 12.6. The Morgan fingerprint density at radius 2 is 1.95 bits per heavy atom. The van der Waals surface area contributed by atoms with Crippen LogP contribution in [0, 0.1) is 13.8 Å². The van der Waals surface area contributed by atoms with Crippen molar-refractivity contribution < 1.29 is 13.2 Å². The highest BCUT2D eigenvalue weighted by Crippen LogP contribution is 2.28. The molecule has 0 spiro atoms. The molecule has 0 aliphatic carbocycles. The van der Waals surface area contributed by atoms with E-state index in [1.165, 1.54) is 7.11 Å². The maximum Gasteiger partial charge on any atom is 0.244 e. The average molecular weight is 327 g/mol. The summed E-state index contributed by atoms with van der Waals surface area (Å²) in [6, 6.07) is 3.60. The molecule has 1 aromatic rings. The molecule has 1 saturated heterocycles. The lowest BCUT2D eigenvalue weighted by atomic mass is 10.1. The van der Waals surface area contributed by atoms with Crippen LogP contribution in [0.4, 0.5) is 0 Å². The van der Waals surface area contributed by atoms with E-state index in [0.717, 1.165) is 31.7 Å². The topological polar surface area (TPSA) is 70.7 Å². The Morgan fingerprint density at radius 3 is 2.59 bits per heavy atom. The standard InChI is InChI=1S/C15H25N3O3S/c1-12-10-13(2)15(14(11-12)21-3)22(19,20)17-6-9-18-7-4-16-5-8-18/h10-11,16-17H,4-9H2,1-3H3. The molecule has 22 heavy (non-hydrogen) atoms. The molecule has 1 aromatic carbocycles. The van der Waals surface area contributed by atoms with Gasteiger partial charge in [-0.2, -0.15) is 0 Å². The van der Waals surface area contributed by atoms with Gasteiger partial charge in [-0.1, -0.05) is 6.07 Å². The molecule has 124 valence electrons. The lowest BCUT2D eigenvalue weighted by molar-refractivity contribution is 0.245. The number of hydrogen-bond donors (Lipinski definition) is 2. The van der Waals surface area contributed by atoms with Crippen LogP contribution in [-0.2, 0) is 10.0 Å². The number of nitrogens with zero attached hydrogens (tertiary/aromatic N) is 1. The molecule has 2 rings (SSSR count). The predicted octanol–water partition coefficient (Wildman–Crippen LogP) is 0.496. The Labute approximate surface area is 132 Å². The summed E-state index contributed by atoms with van der Waals surface area (Å²) in [6.07, 6.45) is 0. The van der Waals surface area contributed by atoms with E-state index >= 15 is 0 Å². The van der Waals surface area contributed by atoms with Gasteiger partial charge in [-0.15, -0.1) is 0 Å². The SMILES string of the molecule is COc1cc(C)cc(C)c1S(=O)(=O)NCCN1CCNCC1. The highest BCUT2D eigenvalue weighted by Gasteiger charge is 2.22. The summed E-state index contributed by atoms with van der Waals surface area (Å²) < 4.78 is 33.1. The van der Waals surface area contributed by atoms with Crippen LogP contribution in [0.3, 0.4) is 0 Å². The maximum atomic E-state index is 12.6. The van der Waals surface area contributed by atoms with E-state index in [2.05, 4.69) is 14.9 Å². The fourth-order valence-electron chi connectivity index (χ4n) is 2.76. The molecule has 0 atom stereocenters. The first-order chi connectivity index (χ1) is 10.4. The van der Waals surface area contributed by atoms with Crippen LogP contribution in [0.2, 0.25) is 0 Å². The Balaban J connectivity index is 2.06. The van der Waals surface area contributed by atoms with Gasteiger partial charge in [0.15, 0.2) is 0 Å². The quantitative estimate of drug-likeness (QED) is 0.796. The first kappa shape index (κ1) is 17.2. The second-order valence-electron chi connectivity index (χ2n) is 5.60. The van der Waals surface area contributed by atoms with Crippen molar-refractivity contribution >= 4 is 10.0 Å². The van der Waals surface area contributed by atoms with Gasteiger partial charge in [0.2, 0.25) is 10.0 Å². The smallest absolute Gasteiger partial charge is 0.244 e. The Kier molecular flexibility index (Phi) is 5.80. The average Bonchev–Trinajstić information content (AvgIpc) is 2.46. The summed E-state index contributed by atoms with van der Waals surface area (Å²) >= 11 is 0. The van der Waals surface area contributed by atoms with Crippen LogP contribution in [0.5, 0.6) is 5.75 Å². The van der Waals surface area contributed by atoms with E-state index in [9.17, 15) is 8.42 Å². The van der Waals surface area contributed by atoms with Crippen molar-refractivity contribution in [2.24, 2.45) is 0 Å². The largest absolute Gasteiger partial charge is 0.495 e. The highest BCUT2D eigenvalue weighted by atomic mass is 32.2. The fraction of sp³-hybridized carbons (Fsp3) is 0.600. The number of ether oxygens (including phenoxy) is 1. The lowest BCUT2D eigenvalue weighted by Gasteiger charge is -2.27. The number of piperazine rings is 1. The molecule has 6 nitrogen and oxygen atoms in total. The second-order valence-corrected chi connectivity index (χ2v) is 7.31. The summed E-state index contributed by atoms with van der Waals surface area (Å²) in [7, 11) is -2.07. The minimum Gasteiger partial charge on any atom is -0.495 e. The first-order valence-electron chi connectivity index (χ1n) is 7.52. The highest BCUT2D eigenvalue weighted by molar-refractivity contribution is 7.89. The first-order valence-corrected chi connectivity index (χ1v) is 9.00. The van der Waals surface area contributed by atoms with Crippen molar-refractivity contribution in [2.75, 3.05) is 46.4 Å². The minimum atomic E-state index is -3.57. The van der Waals surface area contributed by atoms with Crippen molar-refractivity contribution in [2.45, 2.75) is 18.7 Å². The summed E-state index contributed by atoms with van der Waals surface area (Å²) in [4.78, 5) is 2.49. The Morgan fingerprint density at radius 1 is 1.27 bits per heavy atom. The number of aryl methyl sites for hydroxylation is 2. The van der Waals surface area contributed by atoms with E-state index in [-0.39, 0.29) is 4.90 Å². The third kappa shape index (κ3) is 4.19. The van der Waals surface area contributed by atoms with Gasteiger partial charge < -0.3 is 10.1 Å². The molecule has 0 aromatic heterocycles. The molecule has 1 fully saturated rings. The van der Waals surface area contributed by atoms with Gasteiger partial charge in [0.05, 0.1) is 7.11 Å². The zero-order valence-corrected chi connectivity index (χ0v) is 14.3. The molecule has 0 unspecified atom stereocenters. The number of rotatable bonds is 6. The van der Waals surface area contributed by atoms with E-state index in [1.807, 2.05) is 13.0 Å². The molecule has 0 saturated carbocycles. The predicted molar refractivity (Wildman–Crippen MR) is 87.0 cm³/mol.